The van der Waals surface area contributed by atoms with E-state index >= 15 is 0 Å². The van der Waals surface area contributed by atoms with Crippen molar-refractivity contribution in [1.82, 2.24) is 14.8 Å². The Morgan fingerprint density at radius 3 is 2.56 bits per heavy atom. The first kappa shape index (κ1) is 19.9. The van der Waals surface area contributed by atoms with Gasteiger partial charge in [-0.05, 0) is 24.3 Å². The Balaban J connectivity index is 1.46. The van der Waals surface area contributed by atoms with E-state index < -0.39 is 11.7 Å². The maximum Gasteiger partial charge on any atom is 0.296 e. The highest BCUT2D eigenvalue weighted by molar-refractivity contribution is 6.48. The highest BCUT2D eigenvalue weighted by atomic mass is 16.2. The molecule has 4 aromatic rings. The van der Waals surface area contributed by atoms with E-state index in [4.69, 9.17) is 0 Å². The highest BCUT2D eigenvalue weighted by Gasteiger charge is 2.37. The van der Waals surface area contributed by atoms with Gasteiger partial charge in [0.15, 0.2) is 5.78 Å². The first-order valence-corrected chi connectivity index (χ1v) is 10.3. The van der Waals surface area contributed by atoms with Gasteiger partial charge in [-0.1, -0.05) is 39.0 Å². The van der Waals surface area contributed by atoms with Crippen molar-refractivity contribution in [3.63, 3.8) is 0 Å². The van der Waals surface area contributed by atoms with Crippen LogP contribution in [0.1, 0.15) is 52.7 Å². The van der Waals surface area contributed by atoms with Crippen LogP contribution in [0.4, 0.5) is 5.69 Å². The zero-order valence-electron chi connectivity index (χ0n) is 18.2. The first-order chi connectivity index (χ1) is 15.2. The molecule has 0 bridgehead atoms. The van der Waals surface area contributed by atoms with Crippen molar-refractivity contribution in [3.8, 4) is 11.3 Å². The molecule has 0 atom stereocenters. The van der Waals surface area contributed by atoms with Crippen molar-refractivity contribution in [2.24, 2.45) is 7.05 Å². The van der Waals surface area contributed by atoms with E-state index in [-0.39, 0.29) is 11.2 Å². The number of Topliss-reactive ketones (excluding diaryl/α,β-unsaturated/α-hetero) is 1. The maximum absolute atomic E-state index is 13.2. The molecule has 0 unspecified atom stereocenters. The summed E-state index contributed by atoms with van der Waals surface area (Å²) in [5, 5.41) is 7.91. The van der Waals surface area contributed by atoms with Gasteiger partial charge in [0.05, 0.1) is 22.5 Å². The number of benzene rings is 2. The molecule has 2 aromatic heterocycles. The summed E-state index contributed by atoms with van der Waals surface area (Å²) < 4.78 is 1.73. The third-order valence-electron chi connectivity index (χ3n) is 5.80. The minimum Gasteiger partial charge on any atom is -0.360 e. The summed E-state index contributed by atoms with van der Waals surface area (Å²) in [4.78, 5) is 41.7. The number of aromatic nitrogens is 3. The first-order valence-electron chi connectivity index (χ1n) is 10.3. The van der Waals surface area contributed by atoms with E-state index in [2.05, 4.69) is 15.4 Å². The van der Waals surface area contributed by atoms with E-state index in [0.29, 0.717) is 27.8 Å². The summed E-state index contributed by atoms with van der Waals surface area (Å²) in [5.41, 5.74) is 4.61. The molecular weight excluding hydrogens is 404 g/mol. The van der Waals surface area contributed by atoms with Crippen molar-refractivity contribution in [2.45, 2.75) is 26.2 Å². The van der Waals surface area contributed by atoms with Crippen molar-refractivity contribution in [1.29, 1.82) is 0 Å². The SMILES string of the molecule is Cn1nc(C(C)(C)C)c2c1-c1ccc(NC(=O)C(=O)c3c[nH]c4ccccc34)cc1C2=O. The van der Waals surface area contributed by atoms with Gasteiger partial charge in [-0.3, -0.25) is 19.1 Å². The molecular formula is C25H22N4O3. The molecule has 0 saturated heterocycles. The Morgan fingerprint density at radius 1 is 1.06 bits per heavy atom. The zero-order chi connectivity index (χ0) is 22.8. The van der Waals surface area contributed by atoms with Crippen LogP contribution >= 0.6 is 0 Å². The number of ketones is 2. The van der Waals surface area contributed by atoms with Gasteiger partial charge in [0, 0.05) is 46.4 Å². The molecule has 0 saturated carbocycles. The lowest BCUT2D eigenvalue weighted by atomic mass is 9.88. The van der Waals surface area contributed by atoms with Crippen molar-refractivity contribution in [2.75, 3.05) is 5.32 Å². The van der Waals surface area contributed by atoms with Gasteiger partial charge >= 0.3 is 0 Å². The van der Waals surface area contributed by atoms with Crippen LogP contribution in [0.25, 0.3) is 22.2 Å². The van der Waals surface area contributed by atoms with Crippen LogP contribution in [-0.4, -0.2) is 32.2 Å². The fourth-order valence-electron chi connectivity index (χ4n) is 4.29. The predicted octanol–water partition coefficient (Wildman–Crippen LogP) is 4.23. The molecule has 1 aliphatic carbocycles. The number of hydrogen-bond acceptors (Lipinski definition) is 4. The summed E-state index contributed by atoms with van der Waals surface area (Å²) in [6.45, 7) is 6.07. The van der Waals surface area contributed by atoms with Crippen LogP contribution in [0.2, 0.25) is 0 Å². The monoisotopic (exact) mass is 426 g/mol. The molecule has 7 heteroatoms. The number of aryl methyl sites for hydroxylation is 1. The molecule has 32 heavy (non-hydrogen) atoms. The zero-order valence-corrected chi connectivity index (χ0v) is 18.2. The molecule has 0 aliphatic heterocycles. The summed E-state index contributed by atoms with van der Waals surface area (Å²) in [6, 6.07) is 12.4. The molecule has 5 rings (SSSR count). The normalized spacial score (nSPS) is 12.7. The summed E-state index contributed by atoms with van der Waals surface area (Å²) >= 11 is 0. The topological polar surface area (TPSA) is 96.8 Å². The number of nitrogens with one attached hydrogen (secondary N) is 2. The van der Waals surface area contributed by atoms with E-state index in [1.807, 2.05) is 46.0 Å². The van der Waals surface area contributed by atoms with Crippen molar-refractivity contribution in [3.05, 3.63) is 71.0 Å². The van der Waals surface area contributed by atoms with Crippen molar-refractivity contribution < 1.29 is 14.4 Å². The molecule has 2 aromatic carbocycles. The van der Waals surface area contributed by atoms with Crippen LogP contribution < -0.4 is 5.32 Å². The number of hydrogen-bond donors (Lipinski definition) is 2. The van der Waals surface area contributed by atoms with Crippen LogP contribution in [0.15, 0.2) is 48.7 Å². The second-order valence-electron chi connectivity index (χ2n) is 9.07. The third kappa shape index (κ3) is 2.89. The average molecular weight is 426 g/mol. The molecule has 1 amide bonds. The van der Waals surface area contributed by atoms with Crippen LogP contribution in [0, 0.1) is 0 Å². The number of anilines is 1. The fourth-order valence-corrected chi connectivity index (χ4v) is 4.29. The van der Waals surface area contributed by atoms with Crippen LogP contribution in [0.3, 0.4) is 0 Å². The summed E-state index contributed by atoms with van der Waals surface area (Å²) in [7, 11) is 1.83. The number of carbonyl (C=O) groups is 3. The molecule has 7 nitrogen and oxygen atoms in total. The number of fused-ring (bicyclic) bond motifs is 4. The molecule has 2 heterocycles. The second kappa shape index (κ2) is 6.75. The number of aromatic amines is 1. The average Bonchev–Trinajstić information content (AvgIpc) is 3.41. The number of H-pyrrole nitrogens is 1. The lowest BCUT2D eigenvalue weighted by Crippen LogP contribution is -2.22. The van der Waals surface area contributed by atoms with Crippen LogP contribution in [0.5, 0.6) is 0 Å². The smallest absolute Gasteiger partial charge is 0.296 e. The van der Waals surface area contributed by atoms with Gasteiger partial charge in [0.1, 0.15) is 0 Å². The quantitative estimate of drug-likeness (QED) is 0.333. The standard InChI is InChI=1S/C25H22N4O3/c1-25(2,3)23-19-20(29(4)28-23)15-10-9-13(11-16(15)21(19)30)27-24(32)22(31)17-12-26-18-8-6-5-7-14(17)18/h5-12,26H,1-4H3,(H,27,32). The minimum absolute atomic E-state index is 0.118. The van der Waals surface area contributed by atoms with Gasteiger partial charge in [-0.15, -0.1) is 0 Å². The highest BCUT2D eigenvalue weighted by Crippen LogP contribution is 2.42. The van der Waals surface area contributed by atoms with Gasteiger partial charge in [0.25, 0.3) is 11.7 Å². The van der Waals surface area contributed by atoms with Crippen LogP contribution in [-0.2, 0) is 17.3 Å². The van der Waals surface area contributed by atoms with Gasteiger partial charge in [-0.25, -0.2) is 0 Å². The number of carbonyl (C=O) groups excluding carboxylic acids is 3. The summed E-state index contributed by atoms with van der Waals surface area (Å²) in [6.07, 6.45) is 1.54. The second-order valence-corrected chi connectivity index (χ2v) is 9.07. The Kier molecular flexibility index (Phi) is 4.20. The van der Waals surface area contributed by atoms with E-state index in [1.165, 1.54) is 6.20 Å². The molecule has 0 radical (unpaired) electrons. The number of rotatable bonds is 3. The lowest BCUT2D eigenvalue weighted by molar-refractivity contribution is -0.112. The summed E-state index contributed by atoms with van der Waals surface area (Å²) in [5.74, 6) is -1.52. The minimum atomic E-state index is -0.755. The Morgan fingerprint density at radius 2 is 1.81 bits per heavy atom. The van der Waals surface area contributed by atoms with E-state index in [0.717, 1.165) is 22.5 Å². The molecule has 2 N–H and O–H groups in total. The van der Waals surface area contributed by atoms with Gasteiger partial charge in [-0.2, -0.15) is 5.10 Å². The Hall–Kier alpha value is -4.00. The maximum atomic E-state index is 13.2. The fraction of sp³-hybridized carbons (Fsp3) is 0.200. The molecule has 1 aliphatic rings. The number of para-hydroxylation sites is 1. The van der Waals surface area contributed by atoms with E-state index in [1.54, 1.807) is 28.9 Å². The molecule has 0 spiro atoms. The Bertz CT molecular complexity index is 1450. The lowest BCUT2D eigenvalue weighted by Gasteiger charge is -2.16. The third-order valence-corrected chi connectivity index (χ3v) is 5.80. The van der Waals surface area contributed by atoms with Gasteiger partial charge in [0.2, 0.25) is 0 Å². The number of nitrogens with zero attached hydrogens (tertiary/aromatic N) is 2. The predicted molar refractivity (Wildman–Crippen MR) is 122 cm³/mol. The largest absolute Gasteiger partial charge is 0.360 e. The van der Waals surface area contributed by atoms with E-state index in [9.17, 15) is 14.4 Å². The molecule has 0 fully saturated rings. The van der Waals surface area contributed by atoms with Crippen molar-refractivity contribution >= 4 is 34.1 Å². The van der Waals surface area contributed by atoms with Gasteiger partial charge < -0.3 is 10.3 Å². The Labute approximate surface area is 184 Å². The number of amides is 1. The molecule has 160 valence electrons.